The van der Waals surface area contributed by atoms with Crippen LogP contribution in [0.4, 0.5) is 9.59 Å². The van der Waals surface area contributed by atoms with Gasteiger partial charge in [-0.1, -0.05) is 13.8 Å². The highest BCUT2D eigenvalue weighted by Gasteiger charge is 2.46. The lowest BCUT2D eigenvalue weighted by Gasteiger charge is -2.37. The number of likely N-dealkylation sites (N-methyl/N-ethyl adjacent to an activating group) is 2. The van der Waals surface area contributed by atoms with E-state index in [2.05, 4.69) is 24.1 Å². The molecule has 1 aromatic rings. The predicted molar refractivity (Wildman–Crippen MR) is 100 cm³/mol. The van der Waals surface area contributed by atoms with Crippen molar-refractivity contribution in [3.63, 3.8) is 0 Å². The Morgan fingerprint density at radius 3 is 2.56 bits per heavy atom. The van der Waals surface area contributed by atoms with Gasteiger partial charge in [0, 0.05) is 39.5 Å². The number of piperidine rings is 1. The molecule has 0 bridgehead atoms. The fourth-order valence-corrected chi connectivity index (χ4v) is 4.02. The number of likely N-dealkylation sites (tertiary alicyclic amines) is 1. The van der Waals surface area contributed by atoms with Crippen molar-refractivity contribution in [2.24, 2.45) is 0 Å². The number of nitrogens with one attached hydrogen (secondary N) is 1. The van der Waals surface area contributed by atoms with Crippen LogP contribution in [0.15, 0.2) is 22.8 Å². The first-order valence-electron chi connectivity index (χ1n) is 9.72. The van der Waals surface area contributed by atoms with Crippen molar-refractivity contribution < 1.29 is 18.7 Å². The summed E-state index contributed by atoms with van der Waals surface area (Å²) in [5, 5.41) is 3.05. The van der Waals surface area contributed by atoms with E-state index in [9.17, 15) is 9.59 Å². The number of ether oxygens (including phenoxy) is 1. The zero-order valence-electron chi connectivity index (χ0n) is 16.4. The van der Waals surface area contributed by atoms with E-state index in [-0.39, 0.29) is 18.2 Å². The van der Waals surface area contributed by atoms with Crippen molar-refractivity contribution in [1.29, 1.82) is 0 Å². The zero-order valence-corrected chi connectivity index (χ0v) is 16.4. The average Bonchev–Trinajstić information content (AvgIpc) is 3.28. The van der Waals surface area contributed by atoms with Crippen molar-refractivity contribution >= 4 is 12.1 Å². The van der Waals surface area contributed by atoms with Gasteiger partial charge in [0.1, 0.15) is 11.4 Å². The first kappa shape index (κ1) is 19.5. The fraction of sp³-hybridized carbons (Fsp3) is 0.684. The van der Waals surface area contributed by atoms with E-state index in [0.29, 0.717) is 39.0 Å². The van der Waals surface area contributed by atoms with Crippen molar-refractivity contribution in [3.05, 3.63) is 24.2 Å². The van der Waals surface area contributed by atoms with Gasteiger partial charge in [-0.05, 0) is 25.2 Å². The molecule has 3 rings (SSSR count). The zero-order chi connectivity index (χ0) is 19.4. The highest BCUT2D eigenvalue weighted by Crippen LogP contribution is 2.32. The molecule has 27 heavy (non-hydrogen) atoms. The standard InChI is InChI=1S/C19H30N4O4/c1-4-22(5-2)15(16-7-6-12-26-16)13-20-17(24)23-10-8-19(9-11-23)14-21(3)18(25)27-19/h6-7,12,15H,4-5,8-11,13-14H2,1-3H3,(H,20,24). The lowest BCUT2D eigenvalue weighted by Crippen LogP contribution is -2.52. The van der Waals surface area contributed by atoms with Crippen LogP contribution in [0, 0.1) is 0 Å². The Hall–Kier alpha value is -2.22. The summed E-state index contributed by atoms with van der Waals surface area (Å²) in [6, 6.07) is 3.76. The van der Waals surface area contributed by atoms with Gasteiger partial charge in [-0.25, -0.2) is 9.59 Å². The average molecular weight is 378 g/mol. The number of furan rings is 1. The molecule has 2 fully saturated rings. The highest BCUT2D eigenvalue weighted by molar-refractivity contribution is 5.74. The molecule has 2 aliphatic heterocycles. The van der Waals surface area contributed by atoms with Crippen LogP contribution in [0.3, 0.4) is 0 Å². The first-order valence-corrected chi connectivity index (χ1v) is 9.72. The number of hydrogen-bond acceptors (Lipinski definition) is 5. The second kappa shape index (κ2) is 8.21. The van der Waals surface area contributed by atoms with Gasteiger partial charge in [-0.2, -0.15) is 0 Å². The molecule has 150 valence electrons. The highest BCUT2D eigenvalue weighted by atomic mass is 16.6. The molecule has 1 unspecified atom stereocenters. The molecule has 8 heteroatoms. The van der Waals surface area contributed by atoms with Crippen molar-refractivity contribution in [2.45, 2.75) is 38.3 Å². The number of nitrogens with zero attached hydrogens (tertiary/aromatic N) is 3. The topological polar surface area (TPSA) is 78.3 Å². The Labute approximate surface area is 160 Å². The summed E-state index contributed by atoms with van der Waals surface area (Å²) in [6.45, 7) is 8.23. The molecule has 1 atom stereocenters. The molecular weight excluding hydrogens is 348 g/mol. The van der Waals surface area contributed by atoms with E-state index in [4.69, 9.17) is 9.15 Å². The number of carbonyl (C=O) groups excluding carboxylic acids is 2. The molecule has 3 heterocycles. The molecule has 1 spiro atoms. The van der Waals surface area contributed by atoms with E-state index in [1.54, 1.807) is 23.1 Å². The molecule has 2 saturated heterocycles. The van der Waals surface area contributed by atoms with Gasteiger partial charge in [0.15, 0.2) is 0 Å². The van der Waals surface area contributed by atoms with Crippen LogP contribution in [0.25, 0.3) is 0 Å². The molecule has 1 aromatic heterocycles. The lowest BCUT2D eigenvalue weighted by molar-refractivity contribution is 0.00949. The van der Waals surface area contributed by atoms with Crippen LogP contribution in [0.5, 0.6) is 0 Å². The third-order valence-corrected chi connectivity index (χ3v) is 5.67. The van der Waals surface area contributed by atoms with Crippen LogP contribution >= 0.6 is 0 Å². The SMILES string of the molecule is CCN(CC)C(CNC(=O)N1CCC2(CC1)CN(C)C(=O)O2)c1ccco1. The normalized spacial score (nSPS) is 20.2. The third kappa shape index (κ3) is 4.21. The summed E-state index contributed by atoms with van der Waals surface area (Å²) in [5.41, 5.74) is -0.430. The molecule has 3 amide bonds. The van der Waals surface area contributed by atoms with Gasteiger partial charge in [0.25, 0.3) is 0 Å². The van der Waals surface area contributed by atoms with Crippen molar-refractivity contribution in [2.75, 3.05) is 46.3 Å². The first-order chi connectivity index (χ1) is 13.0. The predicted octanol–water partition coefficient (Wildman–Crippen LogP) is 2.29. The maximum atomic E-state index is 12.7. The quantitative estimate of drug-likeness (QED) is 0.822. The van der Waals surface area contributed by atoms with Gasteiger partial charge in [0.05, 0.1) is 18.8 Å². The number of carbonyl (C=O) groups is 2. The number of hydrogen-bond donors (Lipinski definition) is 1. The molecule has 0 aromatic carbocycles. The van der Waals surface area contributed by atoms with E-state index in [1.165, 1.54) is 0 Å². The Morgan fingerprint density at radius 2 is 2.04 bits per heavy atom. The summed E-state index contributed by atoms with van der Waals surface area (Å²) in [4.78, 5) is 30.0. The number of amides is 3. The van der Waals surface area contributed by atoms with Crippen LogP contribution in [-0.4, -0.2) is 78.7 Å². The monoisotopic (exact) mass is 378 g/mol. The summed E-state index contributed by atoms with van der Waals surface area (Å²) >= 11 is 0. The summed E-state index contributed by atoms with van der Waals surface area (Å²) in [6.07, 6.45) is 2.74. The molecular formula is C19H30N4O4. The smallest absolute Gasteiger partial charge is 0.410 e. The van der Waals surface area contributed by atoms with Crippen LogP contribution in [0.1, 0.15) is 38.5 Å². The molecule has 8 nitrogen and oxygen atoms in total. The fourth-order valence-electron chi connectivity index (χ4n) is 4.02. The molecule has 0 aliphatic carbocycles. The molecule has 1 N–H and O–H groups in total. The van der Waals surface area contributed by atoms with E-state index < -0.39 is 5.60 Å². The van der Waals surface area contributed by atoms with Crippen LogP contribution in [-0.2, 0) is 4.74 Å². The Balaban J connectivity index is 1.54. The van der Waals surface area contributed by atoms with Gasteiger partial charge >= 0.3 is 12.1 Å². The molecule has 0 saturated carbocycles. The summed E-state index contributed by atoms with van der Waals surface area (Å²) in [7, 11) is 1.75. The van der Waals surface area contributed by atoms with Gasteiger partial charge < -0.3 is 24.3 Å². The molecule has 2 aliphatic rings. The Morgan fingerprint density at radius 1 is 1.33 bits per heavy atom. The minimum atomic E-state index is -0.430. The maximum Gasteiger partial charge on any atom is 0.410 e. The van der Waals surface area contributed by atoms with Crippen molar-refractivity contribution in [1.82, 2.24) is 20.0 Å². The largest absolute Gasteiger partial charge is 0.468 e. The van der Waals surface area contributed by atoms with Crippen LogP contribution < -0.4 is 5.32 Å². The van der Waals surface area contributed by atoms with Crippen LogP contribution in [0.2, 0.25) is 0 Å². The van der Waals surface area contributed by atoms with E-state index >= 15 is 0 Å². The second-order valence-electron chi connectivity index (χ2n) is 7.33. The molecule has 0 radical (unpaired) electrons. The number of urea groups is 1. The minimum absolute atomic E-state index is 0.0134. The number of rotatable bonds is 6. The summed E-state index contributed by atoms with van der Waals surface area (Å²) < 4.78 is 11.1. The van der Waals surface area contributed by atoms with E-state index in [0.717, 1.165) is 18.8 Å². The van der Waals surface area contributed by atoms with Gasteiger partial charge in [0.2, 0.25) is 0 Å². The summed E-state index contributed by atoms with van der Waals surface area (Å²) in [5.74, 6) is 0.859. The lowest BCUT2D eigenvalue weighted by atomic mass is 9.91. The maximum absolute atomic E-state index is 12.7. The Kier molecular flexibility index (Phi) is 5.94. The van der Waals surface area contributed by atoms with Crippen molar-refractivity contribution in [3.8, 4) is 0 Å². The Bertz CT molecular complexity index is 636. The van der Waals surface area contributed by atoms with Gasteiger partial charge in [-0.3, -0.25) is 4.90 Å². The van der Waals surface area contributed by atoms with Gasteiger partial charge in [-0.15, -0.1) is 0 Å². The second-order valence-corrected chi connectivity index (χ2v) is 7.33. The van der Waals surface area contributed by atoms with E-state index in [1.807, 2.05) is 12.1 Å². The minimum Gasteiger partial charge on any atom is -0.468 e. The third-order valence-electron chi connectivity index (χ3n) is 5.67.